The van der Waals surface area contributed by atoms with Crippen molar-refractivity contribution in [1.82, 2.24) is 0 Å². The second kappa shape index (κ2) is 6.60. The van der Waals surface area contributed by atoms with Crippen LogP contribution in [-0.4, -0.2) is 12.6 Å². The highest BCUT2D eigenvalue weighted by molar-refractivity contribution is 14.1. The highest BCUT2D eigenvalue weighted by atomic mass is 127. The van der Waals surface area contributed by atoms with Crippen molar-refractivity contribution < 1.29 is 14.3 Å². The molecule has 0 aliphatic rings. The van der Waals surface area contributed by atoms with Crippen LogP contribution in [-0.2, 0) is 4.74 Å². The topological polar surface area (TPSA) is 61.5 Å². The van der Waals surface area contributed by atoms with Gasteiger partial charge in [0.2, 0.25) is 0 Å². The number of halogens is 1. The van der Waals surface area contributed by atoms with Gasteiger partial charge in [0.25, 0.3) is 0 Å². The number of ether oxygens (including phenoxy) is 2. The Labute approximate surface area is 131 Å². The Morgan fingerprint density at radius 1 is 1.20 bits per heavy atom. The Morgan fingerprint density at radius 3 is 2.65 bits per heavy atom. The number of hydrogen-bond donors (Lipinski definition) is 1. The average Bonchev–Trinajstić information content (AvgIpc) is 2.43. The van der Waals surface area contributed by atoms with Crippen molar-refractivity contribution in [2.75, 3.05) is 12.3 Å². The lowest BCUT2D eigenvalue weighted by atomic mass is 10.2. The van der Waals surface area contributed by atoms with Crippen LogP contribution in [0.3, 0.4) is 0 Å². The molecule has 0 heterocycles. The summed E-state index contributed by atoms with van der Waals surface area (Å²) in [5, 5.41) is 0. The monoisotopic (exact) mass is 383 g/mol. The fraction of sp³-hybridized carbons (Fsp3) is 0.133. The number of nitrogens with two attached hydrogens (primary N) is 1. The number of carbonyl (C=O) groups is 1. The average molecular weight is 383 g/mol. The molecule has 2 aromatic carbocycles. The molecular formula is C15H14INO3. The van der Waals surface area contributed by atoms with E-state index >= 15 is 0 Å². The maximum absolute atomic E-state index is 11.9. The third kappa shape index (κ3) is 3.41. The number of nitrogen functional groups attached to an aromatic ring is 1. The van der Waals surface area contributed by atoms with Gasteiger partial charge in [-0.1, -0.05) is 12.1 Å². The van der Waals surface area contributed by atoms with Gasteiger partial charge in [-0.3, -0.25) is 0 Å². The first-order chi connectivity index (χ1) is 9.61. The van der Waals surface area contributed by atoms with Gasteiger partial charge in [0.05, 0.1) is 10.2 Å². The zero-order valence-electron chi connectivity index (χ0n) is 10.9. The van der Waals surface area contributed by atoms with Crippen molar-refractivity contribution in [2.24, 2.45) is 0 Å². The van der Waals surface area contributed by atoms with E-state index in [0.29, 0.717) is 29.4 Å². The third-order valence-corrected chi connectivity index (χ3v) is 3.45. The Kier molecular flexibility index (Phi) is 4.84. The van der Waals surface area contributed by atoms with Crippen LogP contribution in [0.15, 0.2) is 42.5 Å². The van der Waals surface area contributed by atoms with Gasteiger partial charge >= 0.3 is 5.97 Å². The molecule has 0 amide bonds. The standard InChI is InChI=1S/C15H14INO3/c1-2-19-15(18)11-9-10(17)7-8-13(11)20-14-6-4-3-5-12(14)16/h3-9H,2,17H2,1H3. The van der Waals surface area contributed by atoms with E-state index in [1.807, 2.05) is 24.3 Å². The molecule has 5 heteroatoms. The van der Waals surface area contributed by atoms with Crippen molar-refractivity contribution in [3.63, 3.8) is 0 Å². The summed E-state index contributed by atoms with van der Waals surface area (Å²) in [5.74, 6) is 0.672. The van der Waals surface area contributed by atoms with Crippen LogP contribution in [0.25, 0.3) is 0 Å². The van der Waals surface area contributed by atoms with Crippen molar-refractivity contribution in [3.05, 3.63) is 51.6 Å². The Morgan fingerprint density at radius 2 is 1.95 bits per heavy atom. The van der Waals surface area contributed by atoms with E-state index in [2.05, 4.69) is 22.6 Å². The summed E-state index contributed by atoms with van der Waals surface area (Å²) in [5.41, 5.74) is 6.53. The number of carbonyl (C=O) groups excluding carboxylic acids is 1. The van der Waals surface area contributed by atoms with Crippen LogP contribution in [0.2, 0.25) is 0 Å². The van der Waals surface area contributed by atoms with Gasteiger partial charge in [0.15, 0.2) is 0 Å². The van der Waals surface area contributed by atoms with E-state index in [1.54, 1.807) is 25.1 Å². The highest BCUT2D eigenvalue weighted by Crippen LogP contribution is 2.30. The van der Waals surface area contributed by atoms with Gasteiger partial charge in [0.1, 0.15) is 17.1 Å². The van der Waals surface area contributed by atoms with Gasteiger partial charge < -0.3 is 15.2 Å². The molecule has 0 aliphatic carbocycles. The van der Waals surface area contributed by atoms with E-state index in [0.717, 1.165) is 3.57 Å². The molecule has 0 bridgehead atoms. The molecule has 0 unspecified atom stereocenters. The van der Waals surface area contributed by atoms with Crippen LogP contribution in [0.1, 0.15) is 17.3 Å². The zero-order valence-corrected chi connectivity index (χ0v) is 13.1. The number of esters is 1. The summed E-state index contributed by atoms with van der Waals surface area (Å²) in [6.45, 7) is 2.06. The van der Waals surface area contributed by atoms with E-state index in [-0.39, 0.29) is 0 Å². The zero-order chi connectivity index (χ0) is 14.5. The molecular weight excluding hydrogens is 369 g/mol. The molecule has 0 fully saturated rings. The summed E-state index contributed by atoms with van der Waals surface area (Å²) in [6, 6.07) is 12.5. The lowest BCUT2D eigenvalue weighted by Gasteiger charge is -2.12. The maximum Gasteiger partial charge on any atom is 0.342 e. The third-order valence-electron chi connectivity index (χ3n) is 2.56. The molecule has 2 N–H and O–H groups in total. The Hall–Kier alpha value is -1.76. The minimum atomic E-state index is -0.444. The molecule has 2 rings (SSSR count). The first kappa shape index (κ1) is 14.6. The first-order valence-corrected chi connectivity index (χ1v) is 7.18. The van der Waals surface area contributed by atoms with Crippen LogP contribution >= 0.6 is 22.6 Å². The molecule has 4 nitrogen and oxygen atoms in total. The number of benzene rings is 2. The fourth-order valence-electron chi connectivity index (χ4n) is 1.65. The van der Waals surface area contributed by atoms with Gasteiger partial charge in [-0.2, -0.15) is 0 Å². The summed E-state index contributed by atoms with van der Waals surface area (Å²) in [6.07, 6.45) is 0. The second-order valence-electron chi connectivity index (χ2n) is 4.01. The highest BCUT2D eigenvalue weighted by Gasteiger charge is 2.15. The number of hydrogen-bond acceptors (Lipinski definition) is 4. The van der Waals surface area contributed by atoms with Gasteiger partial charge in [-0.05, 0) is 59.8 Å². The second-order valence-corrected chi connectivity index (χ2v) is 5.17. The lowest BCUT2D eigenvalue weighted by molar-refractivity contribution is 0.0523. The van der Waals surface area contributed by atoms with E-state index < -0.39 is 5.97 Å². The lowest BCUT2D eigenvalue weighted by Crippen LogP contribution is -2.07. The molecule has 0 saturated heterocycles. The molecule has 2 aromatic rings. The normalized spacial score (nSPS) is 10.1. The fourth-order valence-corrected chi connectivity index (χ4v) is 2.15. The molecule has 104 valence electrons. The van der Waals surface area contributed by atoms with Gasteiger partial charge in [-0.25, -0.2) is 4.79 Å². The van der Waals surface area contributed by atoms with E-state index in [9.17, 15) is 4.79 Å². The van der Waals surface area contributed by atoms with Crippen molar-refractivity contribution in [1.29, 1.82) is 0 Å². The van der Waals surface area contributed by atoms with Crippen molar-refractivity contribution in [2.45, 2.75) is 6.92 Å². The predicted molar refractivity (Wildman–Crippen MR) is 86.0 cm³/mol. The molecule has 0 spiro atoms. The summed E-state index contributed by atoms with van der Waals surface area (Å²) in [4.78, 5) is 11.9. The summed E-state index contributed by atoms with van der Waals surface area (Å²) in [7, 11) is 0. The summed E-state index contributed by atoms with van der Waals surface area (Å²) >= 11 is 2.17. The molecule has 0 atom stereocenters. The van der Waals surface area contributed by atoms with Crippen LogP contribution in [0.4, 0.5) is 5.69 Å². The van der Waals surface area contributed by atoms with Crippen molar-refractivity contribution in [3.8, 4) is 11.5 Å². The Bertz CT molecular complexity index is 628. The smallest absolute Gasteiger partial charge is 0.342 e. The number of anilines is 1. The molecule has 0 aliphatic heterocycles. The van der Waals surface area contributed by atoms with Crippen LogP contribution in [0.5, 0.6) is 11.5 Å². The molecule has 0 saturated carbocycles. The quantitative estimate of drug-likeness (QED) is 0.495. The number of para-hydroxylation sites is 1. The van der Waals surface area contributed by atoms with Crippen molar-refractivity contribution >= 4 is 34.2 Å². The first-order valence-electron chi connectivity index (χ1n) is 6.11. The molecule has 0 radical (unpaired) electrons. The molecule has 20 heavy (non-hydrogen) atoms. The van der Waals surface area contributed by atoms with Gasteiger partial charge in [-0.15, -0.1) is 0 Å². The van der Waals surface area contributed by atoms with Gasteiger partial charge in [0, 0.05) is 5.69 Å². The number of rotatable bonds is 4. The predicted octanol–water partition coefficient (Wildman–Crippen LogP) is 3.84. The maximum atomic E-state index is 11.9. The minimum Gasteiger partial charge on any atom is -0.462 e. The van der Waals surface area contributed by atoms with Crippen LogP contribution in [0, 0.1) is 3.57 Å². The minimum absolute atomic E-state index is 0.302. The SMILES string of the molecule is CCOC(=O)c1cc(N)ccc1Oc1ccccc1I. The molecule has 0 aromatic heterocycles. The van der Waals surface area contributed by atoms with E-state index in [4.69, 9.17) is 15.2 Å². The Balaban J connectivity index is 2.36. The largest absolute Gasteiger partial charge is 0.462 e. The van der Waals surface area contributed by atoms with E-state index in [1.165, 1.54) is 0 Å². The van der Waals surface area contributed by atoms with Crippen LogP contribution < -0.4 is 10.5 Å². The summed E-state index contributed by atoms with van der Waals surface area (Å²) < 4.78 is 11.8.